The molecule has 0 aromatic carbocycles. The van der Waals surface area contributed by atoms with Crippen molar-refractivity contribution in [1.82, 2.24) is 5.32 Å². The maximum Gasteiger partial charge on any atom is 0.407 e. The van der Waals surface area contributed by atoms with Gasteiger partial charge in [-0.3, -0.25) is 0 Å². The maximum atomic E-state index is 12.6. The molecular formula is C22H35NO4. The van der Waals surface area contributed by atoms with Crippen LogP contribution in [0, 0.1) is 23.7 Å². The van der Waals surface area contributed by atoms with Crippen LogP contribution in [0.5, 0.6) is 0 Å². The Morgan fingerprint density at radius 3 is 2.26 bits per heavy atom. The van der Waals surface area contributed by atoms with Gasteiger partial charge in [-0.1, -0.05) is 26.3 Å². The standard InChI is InChI=1S/C22H35NO4/c1-4-5-6-7-22(18-11-16-10-17(13-18)14-19(22)12-16)27-21(25)23-8-9-26-20(24)15(2)3/h16-19H,2,4-14H2,1,3H3,(H,23,25). The molecule has 1 N–H and O–H groups in total. The average molecular weight is 378 g/mol. The van der Waals surface area contributed by atoms with E-state index in [-0.39, 0.29) is 24.8 Å². The molecule has 0 aromatic heterocycles. The second-order valence-corrected chi connectivity index (χ2v) is 8.95. The number of carbonyl (C=O) groups is 2. The topological polar surface area (TPSA) is 64.6 Å². The summed E-state index contributed by atoms with van der Waals surface area (Å²) in [5, 5.41) is 2.78. The van der Waals surface area contributed by atoms with Crippen LogP contribution in [-0.4, -0.2) is 30.8 Å². The highest BCUT2D eigenvalue weighted by atomic mass is 16.6. The van der Waals surface area contributed by atoms with Gasteiger partial charge in [0, 0.05) is 5.57 Å². The second kappa shape index (κ2) is 8.66. The molecule has 152 valence electrons. The largest absolute Gasteiger partial charge is 0.460 e. The van der Waals surface area contributed by atoms with E-state index in [9.17, 15) is 9.59 Å². The molecule has 5 heteroatoms. The van der Waals surface area contributed by atoms with Crippen LogP contribution in [0.15, 0.2) is 12.2 Å². The van der Waals surface area contributed by atoms with Crippen molar-refractivity contribution in [3.05, 3.63) is 12.2 Å². The number of alkyl carbamates (subject to hydrolysis) is 1. The predicted molar refractivity (Wildman–Crippen MR) is 104 cm³/mol. The molecule has 4 bridgehead atoms. The number of ether oxygens (including phenoxy) is 2. The highest BCUT2D eigenvalue weighted by molar-refractivity contribution is 5.86. The molecule has 0 aliphatic heterocycles. The zero-order valence-electron chi connectivity index (χ0n) is 16.9. The molecular weight excluding hydrogens is 342 g/mol. The van der Waals surface area contributed by atoms with Gasteiger partial charge >= 0.3 is 12.1 Å². The van der Waals surface area contributed by atoms with Crippen LogP contribution in [0.4, 0.5) is 4.79 Å². The van der Waals surface area contributed by atoms with E-state index in [0.29, 0.717) is 17.4 Å². The summed E-state index contributed by atoms with van der Waals surface area (Å²) in [6, 6.07) is 0. The van der Waals surface area contributed by atoms with Crippen molar-refractivity contribution in [2.75, 3.05) is 13.2 Å². The smallest absolute Gasteiger partial charge is 0.407 e. The van der Waals surface area contributed by atoms with E-state index in [2.05, 4.69) is 18.8 Å². The summed E-state index contributed by atoms with van der Waals surface area (Å²) >= 11 is 0. The quantitative estimate of drug-likeness (QED) is 0.362. The SMILES string of the molecule is C=C(C)C(=O)OCCNC(=O)OC1(CCCCC)C2CC3CC(C2)CC1C3. The molecule has 0 spiro atoms. The lowest BCUT2D eigenvalue weighted by Crippen LogP contribution is -2.60. The summed E-state index contributed by atoms with van der Waals surface area (Å²) in [5.74, 6) is 2.32. The summed E-state index contributed by atoms with van der Waals surface area (Å²) < 4.78 is 11.2. The molecule has 0 heterocycles. The van der Waals surface area contributed by atoms with Gasteiger partial charge in [0.25, 0.3) is 0 Å². The van der Waals surface area contributed by atoms with Gasteiger partial charge in [-0.2, -0.15) is 0 Å². The number of rotatable bonds is 9. The molecule has 0 saturated heterocycles. The minimum atomic E-state index is -0.428. The fraction of sp³-hybridized carbons (Fsp3) is 0.818. The van der Waals surface area contributed by atoms with Crippen molar-refractivity contribution in [3.63, 3.8) is 0 Å². The van der Waals surface area contributed by atoms with E-state index >= 15 is 0 Å². The van der Waals surface area contributed by atoms with Crippen molar-refractivity contribution >= 4 is 12.1 Å². The lowest BCUT2D eigenvalue weighted by atomic mass is 9.49. The molecule has 5 nitrogen and oxygen atoms in total. The first-order valence-electron chi connectivity index (χ1n) is 10.7. The van der Waals surface area contributed by atoms with Gasteiger partial charge in [0.05, 0.1) is 6.54 Å². The third-order valence-electron chi connectivity index (χ3n) is 6.93. The van der Waals surface area contributed by atoms with Gasteiger partial charge in [0.2, 0.25) is 0 Å². The third kappa shape index (κ3) is 4.49. The minimum absolute atomic E-state index is 0.140. The molecule has 4 aliphatic rings. The Balaban J connectivity index is 1.56. The molecule has 0 radical (unpaired) electrons. The first-order valence-corrected chi connectivity index (χ1v) is 10.7. The van der Waals surface area contributed by atoms with E-state index in [1.807, 2.05) is 0 Å². The third-order valence-corrected chi connectivity index (χ3v) is 6.93. The van der Waals surface area contributed by atoms with Crippen molar-refractivity contribution in [2.24, 2.45) is 23.7 Å². The summed E-state index contributed by atoms with van der Waals surface area (Å²) in [6.07, 6.45) is 10.4. The number of hydrogen-bond donors (Lipinski definition) is 1. The monoisotopic (exact) mass is 377 g/mol. The van der Waals surface area contributed by atoms with E-state index in [0.717, 1.165) is 24.7 Å². The van der Waals surface area contributed by atoms with E-state index in [4.69, 9.17) is 9.47 Å². The molecule has 0 aromatic rings. The van der Waals surface area contributed by atoms with Crippen molar-refractivity contribution < 1.29 is 19.1 Å². The van der Waals surface area contributed by atoms with Crippen LogP contribution >= 0.6 is 0 Å². The first kappa shape index (κ1) is 20.2. The highest BCUT2D eigenvalue weighted by Gasteiger charge is 2.59. The fourth-order valence-corrected chi connectivity index (χ4v) is 5.89. The molecule has 0 atom stereocenters. The Morgan fingerprint density at radius 1 is 1.07 bits per heavy atom. The van der Waals surface area contributed by atoms with Crippen LogP contribution in [0.1, 0.15) is 71.6 Å². The Labute approximate surface area is 163 Å². The summed E-state index contributed by atoms with van der Waals surface area (Å²) in [4.78, 5) is 24.0. The van der Waals surface area contributed by atoms with Crippen molar-refractivity contribution in [2.45, 2.75) is 77.2 Å². The molecule has 4 saturated carbocycles. The molecule has 0 unspecified atom stereocenters. The number of hydrogen-bond acceptors (Lipinski definition) is 4. The van der Waals surface area contributed by atoms with Gasteiger partial charge in [-0.15, -0.1) is 0 Å². The highest BCUT2D eigenvalue weighted by Crippen LogP contribution is 2.61. The van der Waals surface area contributed by atoms with Crippen LogP contribution in [0.25, 0.3) is 0 Å². The Kier molecular flexibility index (Phi) is 6.48. The zero-order chi connectivity index (χ0) is 19.4. The number of amides is 1. The Bertz CT molecular complexity index is 543. The average Bonchev–Trinajstić information content (AvgIpc) is 2.62. The Hall–Kier alpha value is -1.52. The zero-order valence-corrected chi connectivity index (χ0v) is 16.9. The van der Waals surface area contributed by atoms with Crippen LogP contribution in [0.2, 0.25) is 0 Å². The number of unbranched alkanes of at least 4 members (excludes halogenated alkanes) is 2. The van der Waals surface area contributed by atoms with Crippen molar-refractivity contribution in [1.29, 1.82) is 0 Å². The molecule has 1 amide bonds. The van der Waals surface area contributed by atoms with Gasteiger partial charge in [-0.25, -0.2) is 9.59 Å². The number of esters is 1. The fourth-order valence-electron chi connectivity index (χ4n) is 5.89. The maximum absolute atomic E-state index is 12.6. The van der Waals surface area contributed by atoms with E-state index in [1.165, 1.54) is 44.9 Å². The first-order chi connectivity index (χ1) is 12.9. The van der Waals surface area contributed by atoms with Crippen LogP contribution in [-0.2, 0) is 14.3 Å². The van der Waals surface area contributed by atoms with Gasteiger partial charge in [-0.05, 0) is 75.5 Å². The predicted octanol–water partition coefficient (Wildman–Crippen LogP) is 4.61. The van der Waals surface area contributed by atoms with Crippen LogP contribution in [0.3, 0.4) is 0 Å². The summed E-state index contributed by atoms with van der Waals surface area (Å²) in [5.41, 5.74) is 0.0854. The lowest BCUT2D eigenvalue weighted by Gasteiger charge is -2.60. The summed E-state index contributed by atoms with van der Waals surface area (Å²) in [6.45, 7) is 7.77. The van der Waals surface area contributed by atoms with Crippen LogP contribution < -0.4 is 5.32 Å². The lowest BCUT2D eigenvalue weighted by molar-refractivity contribution is -0.177. The van der Waals surface area contributed by atoms with E-state index < -0.39 is 5.97 Å². The second-order valence-electron chi connectivity index (χ2n) is 8.95. The van der Waals surface area contributed by atoms with Crippen molar-refractivity contribution in [3.8, 4) is 0 Å². The molecule has 27 heavy (non-hydrogen) atoms. The van der Waals surface area contributed by atoms with E-state index in [1.54, 1.807) is 6.92 Å². The van der Waals surface area contributed by atoms with Gasteiger partial charge in [0.1, 0.15) is 12.2 Å². The van der Waals surface area contributed by atoms with Gasteiger partial charge < -0.3 is 14.8 Å². The summed E-state index contributed by atoms with van der Waals surface area (Å²) in [7, 11) is 0. The Morgan fingerprint density at radius 2 is 1.70 bits per heavy atom. The minimum Gasteiger partial charge on any atom is -0.460 e. The normalized spacial score (nSPS) is 33.6. The van der Waals surface area contributed by atoms with Gasteiger partial charge in [0.15, 0.2) is 0 Å². The molecule has 4 aliphatic carbocycles. The molecule has 4 rings (SSSR count). The number of carbonyl (C=O) groups excluding carboxylic acids is 2. The molecule has 4 fully saturated rings. The number of nitrogens with one attached hydrogen (secondary N) is 1.